The van der Waals surface area contributed by atoms with Gasteiger partial charge in [0.05, 0.1) is 31.3 Å². The Bertz CT molecular complexity index is 866. The summed E-state index contributed by atoms with van der Waals surface area (Å²) in [6, 6.07) is 22.7. The Hall–Kier alpha value is -3.36. The third-order valence-electron chi connectivity index (χ3n) is 3.95. The summed E-state index contributed by atoms with van der Waals surface area (Å²) in [6.07, 6.45) is 1.98. The number of nitrogens with one attached hydrogen (secondary N) is 2. The van der Waals surface area contributed by atoms with Crippen molar-refractivity contribution in [3.63, 3.8) is 0 Å². The van der Waals surface area contributed by atoms with Crippen molar-refractivity contribution in [3.8, 4) is 6.07 Å². The Kier molecular flexibility index (Phi) is 5.81. The van der Waals surface area contributed by atoms with Gasteiger partial charge in [-0.25, -0.2) is 0 Å². The molecule has 130 valence electrons. The molecule has 0 aliphatic carbocycles. The standard InChI is InChI=1S/C21H19N3O2/c22-13-12-16-8-10-18(11-9-16)24-20(25)15-23-21(19-7-4-14-26-19)17-5-2-1-3-6-17/h1-11,14,21,23H,12,15H2,(H,24,25)/t21-/m1/s1. The second-order valence-corrected chi connectivity index (χ2v) is 5.82. The van der Waals surface area contributed by atoms with Crippen molar-refractivity contribution in [2.45, 2.75) is 12.5 Å². The highest BCUT2D eigenvalue weighted by Gasteiger charge is 2.17. The molecule has 3 aromatic rings. The molecule has 2 aromatic carbocycles. The summed E-state index contributed by atoms with van der Waals surface area (Å²) < 4.78 is 5.52. The highest BCUT2D eigenvalue weighted by Crippen LogP contribution is 2.22. The highest BCUT2D eigenvalue weighted by atomic mass is 16.3. The first-order valence-electron chi connectivity index (χ1n) is 8.34. The van der Waals surface area contributed by atoms with Gasteiger partial charge in [0.15, 0.2) is 0 Å². The quantitative estimate of drug-likeness (QED) is 0.685. The third-order valence-corrected chi connectivity index (χ3v) is 3.95. The fourth-order valence-corrected chi connectivity index (χ4v) is 2.68. The number of hydrogen-bond acceptors (Lipinski definition) is 4. The molecule has 0 spiro atoms. The van der Waals surface area contributed by atoms with Gasteiger partial charge in [0.25, 0.3) is 0 Å². The van der Waals surface area contributed by atoms with E-state index in [0.29, 0.717) is 12.1 Å². The number of anilines is 1. The molecule has 0 unspecified atom stereocenters. The average molecular weight is 345 g/mol. The molecule has 1 heterocycles. The third kappa shape index (κ3) is 4.59. The van der Waals surface area contributed by atoms with Gasteiger partial charge in [-0.1, -0.05) is 42.5 Å². The number of nitriles is 1. The van der Waals surface area contributed by atoms with Crippen LogP contribution in [0.15, 0.2) is 77.4 Å². The number of furan rings is 1. The molecule has 0 aliphatic rings. The lowest BCUT2D eigenvalue weighted by Crippen LogP contribution is -2.31. The van der Waals surface area contributed by atoms with Crippen LogP contribution in [0, 0.1) is 11.3 Å². The van der Waals surface area contributed by atoms with Crippen LogP contribution in [0.3, 0.4) is 0 Å². The lowest BCUT2D eigenvalue weighted by molar-refractivity contribution is -0.115. The summed E-state index contributed by atoms with van der Waals surface area (Å²) in [4.78, 5) is 12.3. The number of carbonyl (C=O) groups excluding carboxylic acids is 1. The number of amides is 1. The topological polar surface area (TPSA) is 78.1 Å². The van der Waals surface area contributed by atoms with Gasteiger partial charge in [0.1, 0.15) is 5.76 Å². The van der Waals surface area contributed by atoms with E-state index in [1.165, 1.54) is 0 Å². The van der Waals surface area contributed by atoms with Crippen LogP contribution in [0.25, 0.3) is 0 Å². The number of rotatable bonds is 7. The Balaban J connectivity index is 1.62. The minimum absolute atomic E-state index is 0.139. The molecule has 0 fully saturated rings. The lowest BCUT2D eigenvalue weighted by atomic mass is 10.0. The first kappa shape index (κ1) is 17.5. The van der Waals surface area contributed by atoms with Gasteiger partial charge in [-0.3, -0.25) is 10.1 Å². The molecule has 26 heavy (non-hydrogen) atoms. The molecule has 3 rings (SSSR count). The zero-order valence-corrected chi connectivity index (χ0v) is 14.2. The van der Waals surface area contributed by atoms with Crippen molar-refractivity contribution < 1.29 is 9.21 Å². The van der Waals surface area contributed by atoms with Crippen LogP contribution in [0.5, 0.6) is 0 Å². The van der Waals surface area contributed by atoms with Crippen molar-refractivity contribution >= 4 is 11.6 Å². The molecule has 0 aliphatic heterocycles. The molecule has 5 nitrogen and oxygen atoms in total. The smallest absolute Gasteiger partial charge is 0.238 e. The van der Waals surface area contributed by atoms with Crippen molar-refractivity contribution in [1.82, 2.24) is 5.32 Å². The molecule has 5 heteroatoms. The number of carbonyl (C=O) groups is 1. The summed E-state index contributed by atoms with van der Waals surface area (Å²) in [6.45, 7) is 0.139. The molecular formula is C21H19N3O2. The van der Waals surface area contributed by atoms with Crippen molar-refractivity contribution in [3.05, 3.63) is 89.9 Å². The Morgan fingerprint density at radius 3 is 2.46 bits per heavy atom. The van der Waals surface area contributed by atoms with Gasteiger partial charge in [0, 0.05) is 5.69 Å². The largest absolute Gasteiger partial charge is 0.467 e. The first-order chi connectivity index (χ1) is 12.8. The zero-order chi connectivity index (χ0) is 18.2. The van der Waals surface area contributed by atoms with Gasteiger partial charge < -0.3 is 9.73 Å². The maximum Gasteiger partial charge on any atom is 0.238 e. The fourth-order valence-electron chi connectivity index (χ4n) is 2.68. The second-order valence-electron chi connectivity index (χ2n) is 5.82. The van der Waals surface area contributed by atoms with Crippen LogP contribution in [0.1, 0.15) is 22.9 Å². The number of benzene rings is 2. The van der Waals surface area contributed by atoms with E-state index in [2.05, 4.69) is 16.7 Å². The van der Waals surface area contributed by atoms with Crippen LogP contribution in [0.2, 0.25) is 0 Å². The normalized spacial score (nSPS) is 11.5. The molecule has 1 amide bonds. The van der Waals surface area contributed by atoms with Crippen molar-refractivity contribution in [2.75, 3.05) is 11.9 Å². The SMILES string of the molecule is N#CCc1ccc(NC(=O)CN[C@H](c2ccccc2)c2ccco2)cc1. The van der Waals surface area contributed by atoms with Crippen LogP contribution in [-0.4, -0.2) is 12.5 Å². The van der Waals surface area contributed by atoms with E-state index in [1.54, 1.807) is 18.4 Å². The second kappa shape index (κ2) is 8.65. The number of hydrogen-bond donors (Lipinski definition) is 2. The Morgan fingerprint density at radius 1 is 1.04 bits per heavy atom. The van der Waals surface area contributed by atoms with Crippen LogP contribution in [0.4, 0.5) is 5.69 Å². The minimum atomic E-state index is -0.199. The number of nitrogens with zero attached hydrogens (tertiary/aromatic N) is 1. The van der Waals surface area contributed by atoms with Gasteiger partial charge in [-0.15, -0.1) is 0 Å². The van der Waals surface area contributed by atoms with Gasteiger partial charge in [0.2, 0.25) is 5.91 Å². The summed E-state index contributed by atoms with van der Waals surface area (Å²) >= 11 is 0. The van der Waals surface area contributed by atoms with E-state index in [1.807, 2.05) is 54.6 Å². The van der Waals surface area contributed by atoms with E-state index >= 15 is 0 Å². The molecule has 1 atom stereocenters. The van der Waals surface area contributed by atoms with Crippen molar-refractivity contribution in [1.29, 1.82) is 5.26 Å². The van der Waals surface area contributed by atoms with E-state index in [4.69, 9.17) is 9.68 Å². The summed E-state index contributed by atoms with van der Waals surface area (Å²) in [5.74, 6) is 0.607. The van der Waals surface area contributed by atoms with Gasteiger partial charge in [-0.2, -0.15) is 5.26 Å². The molecule has 0 radical (unpaired) electrons. The van der Waals surface area contributed by atoms with E-state index in [-0.39, 0.29) is 18.5 Å². The first-order valence-corrected chi connectivity index (χ1v) is 8.34. The van der Waals surface area contributed by atoms with Gasteiger partial charge in [-0.05, 0) is 35.4 Å². The highest BCUT2D eigenvalue weighted by molar-refractivity contribution is 5.92. The zero-order valence-electron chi connectivity index (χ0n) is 14.2. The predicted molar refractivity (Wildman–Crippen MR) is 99.4 cm³/mol. The van der Waals surface area contributed by atoms with Crippen LogP contribution >= 0.6 is 0 Å². The Morgan fingerprint density at radius 2 is 1.81 bits per heavy atom. The summed E-state index contributed by atoms with van der Waals surface area (Å²) in [7, 11) is 0. The monoisotopic (exact) mass is 345 g/mol. The fraction of sp³-hybridized carbons (Fsp3) is 0.143. The van der Waals surface area contributed by atoms with E-state index in [9.17, 15) is 4.79 Å². The average Bonchev–Trinajstić information content (AvgIpc) is 3.19. The molecule has 0 bridgehead atoms. The summed E-state index contributed by atoms with van der Waals surface area (Å²) in [5, 5.41) is 14.8. The summed E-state index contributed by atoms with van der Waals surface area (Å²) in [5.41, 5.74) is 2.65. The molecule has 0 saturated heterocycles. The van der Waals surface area contributed by atoms with E-state index < -0.39 is 0 Å². The lowest BCUT2D eigenvalue weighted by Gasteiger charge is -2.17. The molecule has 1 aromatic heterocycles. The maximum absolute atomic E-state index is 12.3. The molecule has 0 saturated carbocycles. The molecule has 2 N–H and O–H groups in total. The predicted octanol–water partition coefficient (Wildman–Crippen LogP) is 3.66. The Labute approximate surface area is 152 Å². The van der Waals surface area contributed by atoms with Crippen LogP contribution < -0.4 is 10.6 Å². The minimum Gasteiger partial charge on any atom is -0.467 e. The van der Waals surface area contributed by atoms with E-state index in [0.717, 1.165) is 16.9 Å². The van der Waals surface area contributed by atoms with Gasteiger partial charge >= 0.3 is 0 Å². The van der Waals surface area contributed by atoms with Crippen LogP contribution in [-0.2, 0) is 11.2 Å². The maximum atomic E-state index is 12.3. The molecular weight excluding hydrogens is 326 g/mol. The van der Waals surface area contributed by atoms with Crippen molar-refractivity contribution in [2.24, 2.45) is 0 Å².